The molecule has 5 heteroatoms. The first-order valence-corrected chi connectivity index (χ1v) is 10.8. The number of ether oxygens (including phenoxy) is 2. The first kappa shape index (κ1) is 20.6. The molecule has 0 bridgehead atoms. The first-order valence-electron chi connectivity index (χ1n) is 10.8. The van der Waals surface area contributed by atoms with Crippen molar-refractivity contribution >= 4 is 11.9 Å². The van der Waals surface area contributed by atoms with Crippen molar-refractivity contribution in [3.8, 4) is 0 Å². The Kier molecular flexibility index (Phi) is 6.48. The van der Waals surface area contributed by atoms with Gasteiger partial charge in [-0.1, -0.05) is 79.9 Å². The molecule has 1 amide bonds. The summed E-state index contributed by atoms with van der Waals surface area (Å²) >= 11 is 0. The fourth-order valence-corrected chi connectivity index (χ4v) is 4.50. The van der Waals surface area contributed by atoms with Crippen LogP contribution >= 0.6 is 0 Å². The number of hydrogen-bond donors (Lipinski definition) is 0. The summed E-state index contributed by atoms with van der Waals surface area (Å²) in [6, 6.07) is 18.7. The minimum absolute atomic E-state index is 0.0900. The summed E-state index contributed by atoms with van der Waals surface area (Å²) in [4.78, 5) is 27.6. The third-order valence-electron chi connectivity index (χ3n) is 6.26. The van der Waals surface area contributed by atoms with Gasteiger partial charge >= 0.3 is 5.97 Å². The van der Waals surface area contributed by atoms with Crippen LogP contribution in [0.15, 0.2) is 60.7 Å². The predicted molar refractivity (Wildman–Crippen MR) is 113 cm³/mol. The third kappa shape index (κ3) is 4.57. The summed E-state index contributed by atoms with van der Waals surface area (Å²) < 4.78 is 11.4. The second kappa shape index (κ2) is 9.43. The molecule has 2 aromatic carbocycles. The highest BCUT2D eigenvalue weighted by Gasteiger charge is 2.55. The predicted octanol–water partition coefficient (Wildman–Crippen LogP) is 4.11. The maximum absolute atomic E-state index is 13.1. The fraction of sp³-hybridized carbons (Fsp3) is 0.440. The molecule has 5 nitrogen and oxygen atoms in total. The zero-order valence-corrected chi connectivity index (χ0v) is 17.3. The molecule has 2 aliphatic rings. The Morgan fingerprint density at radius 2 is 1.50 bits per heavy atom. The molecule has 2 fully saturated rings. The standard InChI is InChI=1S/C25H29NO4/c27-23(30-17-21-12-6-2-7-13-21)22(18-29-16-20-10-4-1-5-11-20)26-19-25(24(26)28)14-8-3-9-15-25/h1-2,4-7,10-13,22H,3,8-9,14-19H2. The maximum atomic E-state index is 13.1. The van der Waals surface area contributed by atoms with Gasteiger partial charge < -0.3 is 14.4 Å². The van der Waals surface area contributed by atoms with Crippen molar-refractivity contribution in [2.75, 3.05) is 13.2 Å². The van der Waals surface area contributed by atoms with Crippen molar-refractivity contribution in [1.29, 1.82) is 0 Å². The SMILES string of the molecule is O=C(OCc1ccccc1)C(COCc1ccccc1)N1CC2(CCCCC2)C1=O. The molecule has 1 heterocycles. The summed E-state index contributed by atoms with van der Waals surface area (Å²) in [5.41, 5.74) is 1.71. The van der Waals surface area contributed by atoms with Crippen LogP contribution in [0.4, 0.5) is 0 Å². The highest BCUT2D eigenvalue weighted by molar-refractivity contribution is 5.93. The van der Waals surface area contributed by atoms with Gasteiger partial charge in [-0.05, 0) is 24.0 Å². The monoisotopic (exact) mass is 407 g/mol. The smallest absolute Gasteiger partial charge is 0.331 e. The van der Waals surface area contributed by atoms with Crippen molar-refractivity contribution in [2.24, 2.45) is 5.41 Å². The van der Waals surface area contributed by atoms with E-state index in [0.717, 1.165) is 36.8 Å². The molecule has 0 aromatic heterocycles. The van der Waals surface area contributed by atoms with Crippen LogP contribution in [0.2, 0.25) is 0 Å². The number of likely N-dealkylation sites (tertiary alicyclic amines) is 1. The lowest BCUT2D eigenvalue weighted by atomic mass is 9.67. The molecule has 1 saturated heterocycles. The van der Waals surface area contributed by atoms with Crippen LogP contribution in [0, 0.1) is 5.41 Å². The van der Waals surface area contributed by atoms with Crippen LogP contribution < -0.4 is 0 Å². The summed E-state index contributed by atoms with van der Waals surface area (Å²) in [6.45, 7) is 1.37. The van der Waals surface area contributed by atoms with E-state index in [1.165, 1.54) is 6.42 Å². The Labute approximate surface area is 178 Å². The van der Waals surface area contributed by atoms with E-state index >= 15 is 0 Å². The van der Waals surface area contributed by atoms with E-state index in [2.05, 4.69) is 0 Å². The van der Waals surface area contributed by atoms with Crippen molar-refractivity contribution in [2.45, 2.75) is 51.4 Å². The van der Waals surface area contributed by atoms with Crippen LogP contribution in [0.5, 0.6) is 0 Å². The van der Waals surface area contributed by atoms with E-state index in [0.29, 0.717) is 13.2 Å². The van der Waals surface area contributed by atoms with Gasteiger partial charge in [0.05, 0.1) is 18.6 Å². The zero-order valence-electron chi connectivity index (χ0n) is 17.3. The second-order valence-electron chi connectivity index (χ2n) is 8.38. The van der Waals surface area contributed by atoms with Crippen LogP contribution in [-0.4, -0.2) is 36.0 Å². The van der Waals surface area contributed by atoms with Gasteiger partial charge in [-0.25, -0.2) is 4.79 Å². The summed E-state index contributed by atoms with van der Waals surface area (Å²) in [7, 11) is 0. The molecule has 158 valence electrons. The molecule has 1 aliphatic heterocycles. The van der Waals surface area contributed by atoms with E-state index < -0.39 is 12.0 Å². The molecule has 1 aliphatic carbocycles. The average molecular weight is 408 g/mol. The summed E-state index contributed by atoms with van der Waals surface area (Å²) in [5.74, 6) is -0.307. The van der Waals surface area contributed by atoms with E-state index in [-0.39, 0.29) is 24.5 Å². The third-order valence-corrected chi connectivity index (χ3v) is 6.26. The molecular weight excluding hydrogens is 378 g/mol. The Morgan fingerprint density at radius 1 is 0.900 bits per heavy atom. The van der Waals surface area contributed by atoms with Crippen molar-refractivity contribution in [3.05, 3.63) is 71.8 Å². The number of carbonyl (C=O) groups is 2. The van der Waals surface area contributed by atoms with Gasteiger partial charge in [0.2, 0.25) is 5.91 Å². The number of β-lactam (4-membered cyclic amide) rings is 1. The number of nitrogens with zero attached hydrogens (tertiary/aromatic N) is 1. The average Bonchev–Trinajstić information content (AvgIpc) is 2.81. The van der Waals surface area contributed by atoms with E-state index in [1.54, 1.807) is 4.90 Å². The zero-order chi connectivity index (χ0) is 20.8. The lowest BCUT2D eigenvalue weighted by molar-refractivity contribution is -0.180. The lowest BCUT2D eigenvalue weighted by Gasteiger charge is -2.52. The topological polar surface area (TPSA) is 55.8 Å². The van der Waals surface area contributed by atoms with Gasteiger partial charge in [0.1, 0.15) is 6.61 Å². The first-order chi connectivity index (χ1) is 14.7. The van der Waals surface area contributed by atoms with Crippen molar-refractivity contribution < 1.29 is 19.1 Å². The molecule has 1 atom stereocenters. The van der Waals surface area contributed by atoms with Crippen molar-refractivity contribution in [3.63, 3.8) is 0 Å². The minimum atomic E-state index is -0.697. The molecule has 2 aromatic rings. The Hall–Kier alpha value is -2.66. The highest BCUT2D eigenvalue weighted by atomic mass is 16.5. The quantitative estimate of drug-likeness (QED) is 0.488. The molecule has 1 spiro atoms. The van der Waals surface area contributed by atoms with Crippen LogP contribution in [0.3, 0.4) is 0 Å². The minimum Gasteiger partial charge on any atom is -0.459 e. The molecule has 30 heavy (non-hydrogen) atoms. The van der Waals surface area contributed by atoms with E-state index in [4.69, 9.17) is 9.47 Å². The largest absolute Gasteiger partial charge is 0.459 e. The van der Waals surface area contributed by atoms with Crippen LogP contribution in [0.25, 0.3) is 0 Å². The Balaban J connectivity index is 1.39. The normalized spacial score (nSPS) is 18.7. The van der Waals surface area contributed by atoms with Gasteiger partial charge in [-0.15, -0.1) is 0 Å². The number of amides is 1. The van der Waals surface area contributed by atoms with Crippen molar-refractivity contribution in [1.82, 2.24) is 4.90 Å². The number of esters is 1. The van der Waals surface area contributed by atoms with Gasteiger partial charge in [-0.3, -0.25) is 4.79 Å². The molecule has 1 saturated carbocycles. The van der Waals surface area contributed by atoms with Gasteiger partial charge in [0.15, 0.2) is 6.04 Å². The summed E-state index contributed by atoms with van der Waals surface area (Å²) in [5, 5.41) is 0. The molecule has 1 unspecified atom stereocenters. The van der Waals surface area contributed by atoms with E-state index in [9.17, 15) is 9.59 Å². The van der Waals surface area contributed by atoms with E-state index in [1.807, 2.05) is 60.7 Å². The number of hydrogen-bond acceptors (Lipinski definition) is 4. The number of carbonyl (C=O) groups excluding carboxylic acids is 2. The Bertz CT molecular complexity index is 846. The molecular formula is C25H29NO4. The second-order valence-corrected chi connectivity index (χ2v) is 8.38. The molecule has 4 rings (SSSR count). The fourth-order valence-electron chi connectivity index (χ4n) is 4.50. The molecule has 0 radical (unpaired) electrons. The van der Waals surface area contributed by atoms with Crippen LogP contribution in [0.1, 0.15) is 43.2 Å². The van der Waals surface area contributed by atoms with Gasteiger partial charge in [0, 0.05) is 6.54 Å². The number of benzene rings is 2. The lowest BCUT2D eigenvalue weighted by Crippen LogP contribution is -2.67. The maximum Gasteiger partial charge on any atom is 0.331 e. The number of rotatable bonds is 8. The van der Waals surface area contributed by atoms with Gasteiger partial charge in [-0.2, -0.15) is 0 Å². The molecule has 0 N–H and O–H groups in total. The Morgan fingerprint density at radius 3 is 2.10 bits per heavy atom. The highest BCUT2D eigenvalue weighted by Crippen LogP contribution is 2.45. The van der Waals surface area contributed by atoms with Gasteiger partial charge in [0.25, 0.3) is 0 Å². The summed E-state index contributed by atoms with van der Waals surface area (Å²) in [6.07, 6.45) is 5.23. The van der Waals surface area contributed by atoms with Crippen LogP contribution in [-0.2, 0) is 32.3 Å².